The largest absolute Gasteiger partial charge is 0.401 e. The van der Waals surface area contributed by atoms with Gasteiger partial charge in [-0.15, -0.1) is 0 Å². The molecule has 2 heterocycles. The molecule has 1 saturated heterocycles. The van der Waals surface area contributed by atoms with E-state index in [-0.39, 0.29) is 18.6 Å². The zero-order chi connectivity index (χ0) is 16.0. The van der Waals surface area contributed by atoms with Gasteiger partial charge in [-0.25, -0.2) is 0 Å². The molecule has 0 radical (unpaired) electrons. The third-order valence-corrected chi connectivity index (χ3v) is 4.02. The van der Waals surface area contributed by atoms with Crippen LogP contribution in [-0.2, 0) is 0 Å². The first-order valence-corrected chi connectivity index (χ1v) is 7.51. The van der Waals surface area contributed by atoms with E-state index in [4.69, 9.17) is 0 Å². The van der Waals surface area contributed by atoms with Crippen molar-refractivity contribution < 1.29 is 18.3 Å². The number of hydrogen-bond acceptors (Lipinski definition) is 4. The van der Waals surface area contributed by atoms with E-state index in [2.05, 4.69) is 10.3 Å². The summed E-state index contributed by atoms with van der Waals surface area (Å²) in [6, 6.07) is 3.95. The van der Waals surface area contributed by atoms with Crippen LogP contribution in [0.3, 0.4) is 0 Å². The van der Waals surface area contributed by atoms with Gasteiger partial charge in [0.05, 0.1) is 13.2 Å². The zero-order valence-electron chi connectivity index (χ0n) is 12.4. The van der Waals surface area contributed by atoms with Crippen molar-refractivity contribution in [2.75, 3.05) is 32.8 Å². The lowest BCUT2D eigenvalue weighted by Gasteiger charge is -2.33. The number of piperidine rings is 1. The van der Waals surface area contributed by atoms with Gasteiger partial charge in [-0.3, -0.25) is 9.88 Å². The summed E-state index contributed by atoms with van der Waals surface area (Å²) >= 11 is 0. The van der Waals surface area contributed by atoms with Gasteiger partial charge in [0.15, 0.2) is 0 Å². The molecule has 0 aliphatic carbocycles. The molecule has 1 aromatic heterocycles. The van der Waals surface area contributed by atoms with Crippen molar-refractivity contribution in [3.63, 3.8) is 0 Å². The molecule has 1 aliphatic heterocycles. The van der Waals surface area contributed by atoms with Gasteiger partial charge in [0, 0.05) is 30.9 Å². The Labute approximate surface area is 128 Å². The van der Waals surface area contributed by atoms with E-state index < -0.39 is 12.7 Å². The first-order valence-electron chi connectivity index (χ1n) is 7.51. The van der Waals surface area contributed by atoms with Gasteiger partial charge < -0.3 is 10.4 Å². The summed E-state index contributed by atoms with van der Waals surface area (Å²) in [7, 11) is 0. The number of hydrogen-bond donors (Lipinski definition) is 2. The van der Waals surface area contributed by atoms with Crippen LogP contribution in [0.1, 0.15) is 24.3 Å². The van der Waals surface area contributed by atoms with Crippen molar-refractivity contribution >= 4 is 0 Å². The van der Waals surface area contributed by atoms with Gasteiger partial charge in [0.1, 0.15) is 0 Å². The van der Waals surface area contributed by atoms with Crippen molar-refractivity contribution in [2.45, 2.75) is 31.0 Å². The molecule has 124 valence electrons. The highest BCUT2D eigenvalue weighted by atomic mass is 19.4. The molecular formula is C15H22F3N3O. The molecule has 0 spiro atoms. The third kappa shape index (κ3) is 5.55. The Morgan fingerprint density at radius 3 is 2.64 bits per heavy atom. The van der Waals surface area contributed by atoms with Crippen molar-refractivity contribution in [3.05, 3.63) is 30.1 Å². The van der Waals surface area contributed by atoms with Crippen molar-refractivity contribution in [3.8, 4) is 0 Å². The Kier molecular flexibility index (Phi) is 6.16. The lowest BCUT2D eigenvalue weighted by atomic mass is 9.99. The van der Waals surface area contributed by atoms with Crippen LogP contribution in [0.15, 0.2) is 24.5 Å². The summed E-state index contributed by atoms with van der Waals surface area (Å²) in [5, 5.41) is 12.8. The minimum atomic E-state index is -4.12. The van der Waals surface area contributed by atoms with E-state index in [0.29, 0.717) is 32.5 Å². The van der Waals surface area contributed by atoms with Gasteiger partial charge >= 0.3 is 6.18 Å². The van der Waals surface area contributed by atoms with E-state index in [1.807, 2.05) is 12.1 Å². The normalized spacial score (nSPS) is 19.3. The molecule has 0 aromatic carbocycles. The minimum absolute atomic E-state index is 0.0195. The molecule has 2 N–H and O–H groups in total. The molecular weight excluding hydrogens is 295 g/mol. The first kappa shape index (κ1) is 17.2. The average molecular weight is 317 g/mol. The van der Waals surface area contributed by atoms with Crippen LogP contribution in [0, 0.1) is 0 Å². The predicted octanol–water partition coefficient (Wildman–Crippen LogP) is 1.77. The quantitative estimate of drug-likeness (QED) is 0.840. The first-order chi connectivity index (χ1) is 10.5. The molecule has 7 heteroatoms. The van der Waals surface area contributed by atoms with E-state index in [1.165, 1.54) is 4.90 Å². The smallest absolute Gasteiger partial charge is 0.396 e. The Morgan fingerprint density at radius 1 is 1.36 bits per heavy atom. The summed E-state index contributed by atoms with van der Waals surface area (Å²) in [5.41, 5.74) is 0.965. The maximum atomic E-state index is 12.3. The fraction of sp³-hybridized carbons (Fsp3) is 0.667. The number of nitrogens with one attached hydrogen (secondary N) is 1. The second kappa shape index (κ2) is 7.89. The van der Waals surface area contributed by atoms with Crippen LogP contribution in [0.4, 0.5) is 13.2 Å². The Morgan fingerprint density at radius 2 is 2.09 bits per heavy atom. The zero-order valence-corrected chi connectivity index (χ0v) is 12.4. The maximum absolute atomic E-state index is 12.3. The summed E-state index contributed by atoms with van der Waals surface area (Å²) < 4.78 is 37.0. The lowest BCUT2D eigenvalue weighted by molar-refractivity contribution is -0.148. The highest BCUT2D eigenvalue weighted by Gasteiger charge is 2.32. The molecule has 0 amide bonds. The third-order valence-electron chi connectivity index (χ3n) is 4.02. The Balaban J connectivity index is 1.74. The van der Waals surface area contributed by atoms with Crippen LogP contribution >= 0.6 is 0 Å². The summed E-state index contributed by atoms with van der Waals surface area (Å²) in [4.78, 5) is 5.49. The number of rotatable bonds is 6. The number of aliphatic hydroxyl groups excluding tert-OH is 1. The van der Waals surface area contributed by atoms with Crippen LogP contribution < -0.4 is 5.32 Å². The van der Waals surface area contributed by atoms with Crippen molar-refractivity contribution in [1.82, 2.24) is 15.2 Å². The van der Waals surface area contributed by atoms with Crippen LogP contribution in [-0.4, -0.2) is 60.0 Å². The summed E-state index contributed by atoms with van der Waals surface area (Å²) in [6.07, 6.45) is 0.682. The molecule has 0 bridgehead atoms. The average Bonchev–Trinajstić information content (AvgIpc) is 2.49. The molecule has 0 saturated carbocycles. The molecule has 22 heavy (non-hydrogen) atoms. The lowest BCUT2D eigenvalue weighted by Crippen LogP contribution is -2.46. The second-order valence-electron chi connectivity index (χ2n) is 5.74. The van der Waals surface area contributed by atoms with Crippen molar-refractivity contribution in [1.29, 1.82) is 0 Å². The van der Waals surface area contributed by atoms with Gasteiger partial charge in [0.25, 0.3) is 0 Å². The number of pyridine rings is 1. The second-order valence-corrected chi connectivity index (χ2v) is 5.74. The monoisotopic (exact) mass is 317 g/mol. The summed E-state index contributed by atoms with van der Waals surface area (Å²) in [6.45, 7) is 0.703. The van der Waals surface area contributed by atoms with E-state index in [1.54, 1.807) is 12.4 Å². The predicted molar refractivity (Wildman–Crippen MR) is 77.6 cm³/mol. The maximum Gasteiger partial charge on any atom is 0.401 e. The molecule has 1 aromatic rings. The number of alkyl halides is 3. The number of halogens is 3. The van der Waals surface area contributed by atoms with E-state index >= 15 is 0 Å². The van der Waals surface area contributed by atoms with Gasteiger partial charge in [0.2, 0.25) is 0 Å². The molecule has 1 aliphatic rings. The molecule has 1 atom stereocenters. The van der Waals surface area contributed by atoms with Crippen LogP contribution in [0.2, 0.25) is 0 Å². The van der Waals surface area contributed by atoms with E-state index in [0.717, 1.165) is 5.56 Å². The molecule has 4 nitrogen and oxygen atoms in total. The number of aliphatic hydroxyl groups is 1. The van der Waals surface area contributed by atoms with Crippen molar-refractivity contribution in [2.24, 2.45) is 0 Å². The minimum Gasteiger partial charge on any atom is -0.396 e. The molecule has 1 fully saturated rings. The highest BCUT2D eigenvalue weighted by Crippen LogP contribution is 2.20. The van der Waals surface area contributed by atoms with E-state index in [9.17, 15) is 18.3 Å². The standard InChI is InChI=1S/C15H22F3N3O/c16-15(17,18)11-21-6-3-14(4-7-21)20-9-13(10-22)12-2-1-5-19-8-12/h1-2,5,8,13-14,20,22H,3-4,6-7,9-11H2. The fourth-order valence-electron chi connectivity index (χ4n) is 2.76. The van der Waals surface area contributed by atoms with Gasteiger partial charge in [-0.2, -0.15) is 13.2 Å². The van der Waals surface area contributed by atoms with Gasteiger partial charge in [-0.05, 0) is 37.6 Å². The van der Waals surface area contributed by atoms with Crippen LogP contribution in [0.5, 0.6) is 0 Å². The van der Waals surface area contributed by atoms with Gasteiger partial charge in [-0.1, -0.05) is 6.07 Å². The fourth-order valence-corrected chi connectivity index (χ4v) is 2.76. The topological polar surface area (TPSA) is 48.4 Å². The Hall–Kier alpha value is -1.18. The Bertz CT molecular complexity index is 433. The number of likely N-dealkylation sites (tertiary alicyclic amines) is 1. The summed E-state index contributed by atoms with van der Waals surface area (Å²) in [5.74, 6) is -0.0399. The number of aromatic nitrogens is 1. The number of nitrogens with zero attached hydrogens (tertiary/aromatic N) is 2. The molecule has 2 rings (SSSR count). The SMILES string of the molecule is OCC(CNC1CCN(CC(F)(F)F)CC1)c1cccnc1. The van der Waals surface area contributed by atoms with Crippen LogP contribution in [0.25, 0.3) is 0 Å². The highest BCUT2D eigenvalue weighted by molar-refractivity contribution is 5.15. The molecule has 1 unspecified atom stereocenters.